The zero-order chi connectivity index (χ0) is 14.1. The molecule has 1 aromatic heterocycles. The van der Waals surface area contributed by atoms with Gasteiger partial charge in [0.05, 0.1) is 6.42 Å². The Labute approximate surface area is 117 Å². The highest BCUT2D eigenvalue weighted by atomic mass is 16.4. The van der Waals surface area contributed by atoms with Gasteiger partial charge in [0, 0.05) is 18.4 Å². The molecule has 6 heteroatoms. The van der Waals surface area contributed by atoms with Crippen molar-refractivity contribution in [3.63, 3.8) is 0 Å². The molecule has 2 N–H and O–H groups in total. The lowest BCUT2D eigenvalue weighted by molar-refractivity contribution is -0.149. The number of aromatic nitrogens is 2. The lowest BCUT2D eigenvalue weighted by atomic mass is 9.84. The van der Waals surface area contributed by atoms with Crippen molar-refractivity contribution >= 4 is 11.9 Å². The van der Waals surface area contributed by atoms with Crippen LogP contribution < -0.4 is 0 Å². The Morgan fingerprint density at radius 3 is 2.90 bits per heavy atom. The number of carboxylic acid groups (broad SMARTS) is 1. The number of aliphatic carboxylic acids is 1. The summed E-state index contributed by atoms with van der Waals surface area (Å²) in [5.41, 5.74) is 0. The molecule has 0 aromatic carbocycles. The molecule has 3 rings (SSSR count). The molecule has 2 fully saturated rings. The van der Waals surface area contributed by atoms with Crippen LogP contribution in [-0.4, -0.2) is 43.9 Å². The number of fused-ring (bicyclic) bond motifs is 1. The number of nitrogens with zero attached hydrogens (tertiary/aromatic N) is 2. The summed E-state index contributed by atoms with van der Waals surface area (Å²) >= 11 is 0. The monoisotopic (exact) mass is 277 g/mol. The number of rotatable bonds is 3. The number of hydrogen-bond acceptors (Lipinski definition) is 3. The predicted octanol–water partition coefficient (Wildman–Crippen LogP) is 1.20. The summed E-state index contributed by atoms with van der Waals surface area (Å²) in [4.78, 5) is 32.5. The van der Waals surface area contributed by atoms with Gasteiger partial charge in [-0.1, -0.05) is 12.8 Å². The Kier molecular flexibility index (Phi) is 3.46. The van der Waals surface area contributed by atoms with Crippen molar-refractivity contribution < 1.29 is 14.7 Å². The third-order valence-corrected chi connectivity index (χ3v) is 4.53. The van der Waals surface area contributed by atoms with E-state index in [2.05, 4.69) is 9.97 Å². The van der Waals surface area contributed by atoms with Gasteiger partial charge >= 0.3 is 5.97 Å². The number of hydrogen-bond donors (Lipinski definition) is 2. The van der Waals surface area contributed by atoms with Crippen molar-refractivity contribution in [2.45, 2.75) is 50.6 Å². The van der Waals surface area contributed by atoms with Gasteiger partial charge in [0.25, 0.3) is 0 Å². The Morgan fingerprint density at radius 1 is 1.40 bits per heavy atom. The van der Waals surface area contributed by atoms with Crippen molar-refractivity contribution in [3.8, 4) is 0 Å². The third-order valence-electron chi connectivity index (χ3n) is 4.53. The van der Waals surface area contributed by atoms with Crippen LogP contribution in [0.3, 0.4) is 0 Å². The molecule has 0 spiro atoms. The molecule has 0 unspecified atom stereocenters. The second-order valence-electron chi connectivity index (χ2n) is 5.72. The normalized spacial score (nSPS) is 29.2. The number of aromatic amines is 1. The van der Waals surface area contributed by atoms with E-state index in [4.69, 9.17) is 0 Å². The zero-order valence-electron chi connectivity index (χ0n) is 11.3. The Hall–Kier alpha value is -1.85. The molecule has 1 aromatic rings. The smallest absolute Gasteiger partial charge is 0.326 e. The van der Waals surface area contributed by atoms with Crippen LogP contribution in [0.4, 0.5) is 0 Å². The van der Waals surface area contributed by atoms with Gasteiger partial charge in [-0.3, -0.25) is 4.79 Å². The minimum Gasteiger partial charge on any atom is -0.480 e. The SMILES string of the molecule is O=C(O)[C@@H]1C[C@@H]2CCCC[C@H]2N1C(=O)Cc1ncc[nH]1. The number of nitrogens with one attached hydrogen (secondary N) is 1. The first-order chi connectivity index (χ1) is 9.66. The van der Waals surface area contributed by atoms with Crippen LogP contribution in [0.15, 0.2) is 12.4 Å². The molecule has 1 aliphatic heterocycles. The summed E-state index contributed by atoms with van der Waals surface area (Å²) in [5, 5.41) is 9.39. The van der Waals surface area contributed by atoms with E-state index in [9.17, 15) is 14.7 Å². The van der Waals surface area contributed by atoms with Gasteiger partial charge in [0.2, 0.25) is 5.91 Å². The Balaban J connectivity index is 1.79. The molecule has 1 amide bonds. The number of likely N-dealkylation sites (tertiary alicyclic amines) is 1. The molecule has 6 nitrogen and oxygen atoms in total. The van der Waals surface area contributed by atoms with Crippen LogP contribution >= 0.6 is 0 Å². The van der Waals surface area contributed by atoms with Crippen molar-refractivity contribution in [3.05, 3.63) is 18.2 Å². The molecule has 20 heavy (non-hydrogen) atoms. The molecule has 2 aliphatic rings. The fraction of sp³-hybridized carbons (Fsp3) is 0.643. The second-order valence-corrected chi connectivity index (χ2v) is 5.72. The summed E-state index contributed by atoms with van der Waals surface area (Å²) in [5.74, 6) is -0.0576. The third kappa shape index (κ3) is 2.30. The first-order valence-electron chi connectivity index (χ1n) is 7.19. The van der Waals surface area contributed by atoms with Crippen molar-refractivity contribution in [2.24, 2.45) is 5.92 Å². The summed E-state index contributed by atoms with van der Waals surface area (Å²) in [6, 6.07) is -0.558. The number of carbonyl (C=O) groups excluding carboxylic acids is 1. The predicted molar refractivity (Wildman–Crippen MR) is 70.9 cm³/mol. The summed E-state index contributed by atoms with van der Waals surface area (Å²) in [6.07, 6.45) is 8.22. The van der Waals surface area contributed by atoms with Crippen LogP contribution in [0, 0.1) is 5.92 Å². The van der Waals surface area contributed by atoms with E-state index in [0.717, 1.165) is 25.7 Å². The van der Waals surface area contributed by atoms with E-state index in [1.165, 1.54) is 0 Å². The highest BCUT2D eigenvalue weighted by Gasteiger charge is 2.47. The molecular weight excluding hydrogens is 258 g/mol. The topological polar surface area (TPSA) is 86.3 Å². The standard InChI is InChI=1S/C14H19N3O3/c18-13(8-12-15-5-6-16-12)17-10-4-2-1-3-9(10)7-11(17)14(19)20/h5-6,9-11H,1-4,7-8H2,(H,15,16)(H,19,20)/t9-,10+,11-/m0/s1. The fourth-order valence-corrected chi connectivity index (χ4v) is 3.67. The molecule has 1 saturated heterocycles. The van der Waals surface area contributed by atoms with Gasteiger partial charge in [-0.05, 0) is 25.2 Å². The van der Waals surface area contributed by atoms with Crippen LogP contribution in [0.1, 0.15) is 37.9 Å². The van der Waals surface area contributed by atoms with E-state index in [0.29, 0.717) is 18.2 Å². The van der Waals surface area contributed by atoms with Gasteiger partial charge in [0.1, 0.15) is 11.9 Å². The lowest BCUT2D eigenvalue weighted by Gasteiger charge is -2.32. The van der Waals surface area contributed by atoms with Crippen LogP contribution in [0.2, 0.25) is 0 Å². The Morgan fingerprint density at radius 2 is 2.20 bits per heavy atom. The van der Waals surface area contributed by atoms with E-state index >= 15 is 0 Å². The molecule has 1 aliphatic carbocycles. The van der Waals surface area contributed by atoms with E-state index < -0.39 is 12.0 Å². The number of imidazole rings is 1. The summed E-state index contributed by atoms with van der Waals surface area (Å²) in [7, 11) is 0. The maximum Gasteiger partial charge on any atom is 0.326 e. The van der Waals surface area contributed by atoms with E-state index in [-0.39, 0.29) is 18.4 Å². The summed E-state index contributed by atoms with van der Waals surface area (Å²) in [6.45, 7) is 0. The van der Waals surface area contributed by atoms with Crippen LogP contribution in [-0.2, 0) is 16.0 Å². The second kappa shape index (κ2) is 5.26. The molecular formula is C14H19N3O3. The maximum atomic E-state index is 12.5. The van der Waals surface area contributed by atoms with Crippen molar-refractivity contribution in [1.29, 1.82) is 0 Å². The summed E-state index contributed by atoms with van der Waals surface area (Å²) < 4.78 is 0. The molecule has 0 bridgehead atoms. The van der Waals surface area contributed by atoms with E-state index in [1.54, 1.807) is 17.3 Å². The molecule has 1 saturated carbocycles. The van der Waals surface area contributed by atoms with Crippen LogP contribution in [0.25, 0.3) is 0 Å². The average Bonchev–Trinajstić information content (AvgIpc) is 3.04. The zero-order valence-corrected chi connectivity index (χ0v) is 11.3. The number of H-pyrrole nitrogens is 1. The quantitative estimate of drug-likeness (QED) is 0.869. The molecule has 108 valence electrons. The molecule has 0 radical (unpaired) electrons. The Bertz CT molecular complexity index is 500. The first kappa shape index (κ1) is 13.1. The van der Waals surface area contributed by atoms with Crippen molar-refractivity contribution in [2.75, 3.05) is 0 Å². The minimum absolute atomic E-state index is 0.104. The van der Waals surface area contributed by atoms with Gasteiger partial charge in [-0.25, -0.2) is 9.78 Å². The van der Waals surface area contributed by atoms with Gasteiger partial charge in [-0.15, -0.1) is 0 Å². The van der Waals surface area contributed by atoms with Gasteiger partial charge < -0.3 is 15.0 Å². The van der Waals surface area contributed by atoms with Gasteiger partial charge in [0.15, 0.2) is 0 Å². The van der Waals surface area contributed by atoms with Crippen molar-refractivity contribution in [1.82, 2.24) is 14.9 Å². The van der Waals surface area contributed by atoms with Crippen LogP contribution in [0.5, 0.6) is 0 Å². The lowest BCUT2D eigenvalue weighted by Crippen LogP contribution is -2.47. The average molecular weight is 277 g/mol. The number of amides is 1. The maximum absolute atomic E-state index is 12.5. The molecule has 2 heterocycles. The highest BCUT2D eigenvalue weighted by Crippen LogP contribution is 2.40. The van der Waals surface area contributed by atoms with Gasteiger partial charge in [-0.2, -0.15) is 0 Å². The largest absolute Gasteiger partial charge is 0.480 e. The first-order valence-corrected chi connectivity index (χ1v) is 7.19. The van der Waals surface area contributed by atoms with E-state index in [1.807, 2.05) is 0 Å². The fourth-order valence-electron chi connectivity index (χ4n) is 3.67. The minimum atomic E-state index is -0.882. The highest BCUT2D eigenvalue weighted by molar-refractivity contribution is 5.85. The number of carboxylic acids is 1. The number of carbonyl (C=O) groups is 2. The molecule has 3 atom stereocenters.